The van der Waals surface area contributed by atoms with Gasteiger partial charge in [0.15, 0.2) is 0 Å². The Labute approximate surface area is 164 Å². The lowest BCUT2D eigenvalue weighted by molar-refractivity contribution is -0.143. The minimum Gasteiger partial charge on any atom is -0.466 e. The van der Waals surface area contributed by atoms with Crippen LogP contribution in [-0.2, 0) is 18.4 Å². The molecule has 7 heteroatoms. The highest BCUT2D eigenvalue weighted by atomic mass is 28.4. The standard InChI is InChI=1S/C19H43NO4Si2/c1-10-22-18(21)14-16-20(25(7,8)19(4,5)6)15-13-17-26(9,23-11-2)24-12-3/h10-17H2,1-9H3. The van der Waals surface area contributed by atoms with Gasteiger partial charge < -0.3 is 18.2 Å². The van der Waals surface area contributed by atoms with Crippen LogP contribution in [-0.4, -0.2) is 60.2 Å². The predicted octanol–water partition coefficient (Wildman–Crippen LogP) is 4.78. The smallest absolute Gasteiger partial charge is 0.334 e. The van der Waals surface area contributed by atoms with Crippen LogP contribution in [0.25, 0.3) is 0 Å². The van der Waals surface area contributed by atoms with Gasteiger partial charge in [0.2, 0.25) is 0 Å². The maximum atomic E-state index is 11.9. The van der Waals surface area contributed by atoms with Gasteiger partial charge in [0.05, 0.1) is 13.0 Å². The molecule has 0 amide bonds. The molecule has 0 radical (unpaired) electrons. The highest BCUT2D eigenvalue weighted by Crippen LogP contribution is 2.38. The number of hydrogen-bond acceptors (Lipinski definition) is 5. The molecule has 0 saturated carbocycles. The van der Waals surface area contributed by atoms with Gasteiger partial charge in [0.1, 0.15) is 8.24 Å². The van der Waals surface area contributed by atoms with Gasteiger partial charge in [-0.3, -0.25) is 4.79 Å². The van der Waals surface area contributed by atoms with Gasteiger partial charge in [-0.25, -0.2) is 0 Å². The summed E-state index contributed by atoms with van der Waals surface area (Å²) < 4.78 is 19.6. The molecule has 0 aliphatic rings. The van der Waals surface area contributed by atoms with E-state index in [9.17, 15) is 4.79 Å². The fourth-order valence-corrected chi connectivity index (χ4v) is 7.72. The van der Waals surface area contributed by atoms with E-state index in [0.29, 0.717) is 26.2 Å². The Hall–Kier alpha value is -0.216. The molecule has 5 nitrogen and oxygen atoms in total. The van der Waals surface area contributed by atoms with Crippen LogP contribution >= 0.6 is 0 Å². The minimum atomic E-state index is -2.08. The van der Waals surface area contributed by atoms with E-state index in [1.54, 1.807) is 0 Å². The quantitative estimate of drug-likeness (QED) is 0.326. The summed E-state index contributed by atoms with van der Waals surface area (Å²) in [5.41, 5.74) is 0. The van der Waals surface area contributed by atoms with Gasteiger partial charge in [-0.2, -0.15) is 0 Å². The fraction of sp³-hybridized carbons (Fsp3) is 0.947. The molecule has 0 aromatic rings. The molecule has 0 aliphatic carbocycles. The first kappa shape index (κ1) is 25.8. The van der Waals surface area contributed by atoms with Crippen LogP contribution in [0.4, 0.5) is 0 Å². The van der Waals surface area contributed by atoms with Crippen LogP contribution in [0.2, 0.25) is 30.7 Å². The number of esters is 1. The van der Waals surface area contributed by atoms with E-state index < -0.39 is 16.8 Å². The molecule has 0 unspecified atom stereocenters. The Morgan fingerprint density at radius 3 is 1.88 bits per heavy atom. The molecule has 0 atom stereocenters. The molecule has 0 bridgehead atoms. The third kappa shape index (κ3) is 8.65. The van der Waals surface area contributed by atoms with Crippen molar-refractivity contribution in [3.05, 3.63) is 0 Å². The Kier molecular flexibility index (Phi) is 11.5. The van der Waals surface area contributed by atoms with Crippen molar-refractivity contribution in [2.24, 2.45) is 0 Å². The zero-order valence-corrected chi connectivity index (χ0v) is 20.7. The molecule has 0 aromatic carbocycles. The zero-order valence-electron chi connectivity index (χ0n) is 18.7. The highest BCUT2D eigenvalue weighted by Gasteiger charge is 2.41. The molecule has 0 N–H and O–H groups in total. The van der Waals surface area contributed by atoms with Crippen molar-refractivity contribution in [3.8, 4) is 0 Å². The van der Waals surface area contributed by atoms with Gasteiger partial charge in [0, 0.05) is 19.8 Å². The zero-order chi connectivity index (χ0) is 20.4. The summed E-state index contributed by atoms with van der Waals surface area (Å²) in [6, 6.07) is 0.985. The molecule has 0 aliphatic heterocycles. The SMILES string of the molecule is CCOC(=O)CCN(CCC[Si](C)(OCC)OCC)[Si](C)(C)C(C)(C)C. The second kappa shape index (κ2) is 11.6. The van der Waals surface area contributed by atoms with E-state index >= 15 is 0 Å². The van der Waals surface area contributed by atoms with Crippen molar-refractivity contribution in [2.75, 3.05) is 32.9 Å². The topological polar surface area (TPSA) is 48.0 Å². The number of rotatable bonds is 13. The molecule has 156 valence electrons. The van der Waals surface area contributed by atoms with Crippen LogP contribution < -0.4 is 0 Å². The molecular weight excluding hydrogens is 362 g/mol. The van der Waals surface area contributed by atoms with E-state index in [0.717, 1.165) is 25.6 Å². The van der Waals surface area contributed by atoms with Gasteiger partial charge in [-0.15, -0.1) is 0 Å². The number of carbonyl (C=O) groups is 1. The van der Waals surface area contributed by atoms with Crippen molar-refractivity contribution < 1.29 is 18.4 Å². The van der Waals surface area contributed by atoms with E-state index in [1.165, 1.54) is 0 Å². The maximum Gasteiger partial charge on any atom is 0.334 e. The van der Waals surface area contributed by atoms with Crippen molar-refractivity contribution in [3.63, 3.8) is 0 Å². The summed E-state index contributed by atoms with van der Waals surface area (Å²) in [5, 5.41) is 0.238. The molecule has 0 fully saturated rings. The second-order valence-corrected chi connectivity index (χ2v) is 17.0. The van der Waals surface area contributed by atoms with Crippen molar-refractivity contribution in [1.82, 2.24) is 4.57 Å². The third-order valence-electron chi connectivity index (χ3n) is 5.48. The largest absolute Gasteiger partial charge is 0.466 e. The molecular formula is C19H43NO4Si2. The molecule has 0 aromatic heterocycles. The van der Waals surface area contributed by atoms with Gasteiger partial charge in [-0.1, -0.05) is 33.9 Å². The summed E-state index contributed by atoms with van der Waals surface area (Å²) in [6.45, 7) is 23.5. The maximum absolute atomic E-state index is 11.9. The Morgan fingerprint density at radius 2 is 1.46 bits per heavy atom. The number of ether oxygens (including phenoxy) is 1. The number of nitrogens with zero attached hydrogens (tertiary/aromatic N) is 1. The van der Waals surface area contributed by atoms with Crippen LogP contribution in [0.15, 0.2) is 0 Å². The molecule has 0 heterocycles. The van der Waals surface area contributed by atoms with Crippen molar-refractivity contribution in [2.45, 2.75) is 85.1 Å². The summed E-state index contributed by atoms with van der Waals surface area (Å²) in [5.74, 6) is -0.0981. The van der Waals surface area contributed by atoms with Gasteiger partial charge >= 0.3 is 14.5 Å². The molecule has 0 saturated heterocycles. The highest BCUT2D eigenvalue weighted by molar-refractivity contribution is 6.77. The monoisotopic (exact) mass is 405 g/mol. The predicted molar refractivity (Wildman–Crippen MR) is 114 cm³/mol. The van der Waals surface area contributed by atoms with E-state index in [2.05, 4.69) is 45.0 Å². The first-order chi connectivity index (χ1) is 11.9. The van der Waals surface area contributed by atoms with Crippen LogP contribution in [0.3, 0.4) is 0 Å². The molecule has 0 spiro atoms. The third-order valence-corrected chi connectivity index (χ3v) is 14.2. The lowest BCUT2D eigenvalue weighted by atomic mass is 10.2. The average Bonchev–Trinajstić information content (AvgIpc) is 2.50. The summed E-state index contributed by atoms with van der Waals surface area (Å²) >= 11 is 0. The van der Waals surface area contributed by atoms with Gasteiger partial charge in [-0.05, 0) is 51.4 Å². The normalized spacial score (nSPS) is 13.3. The summed E-state index contributed by atoms with van der Waals surface area (Å²) in [6.07, 6.45) is 1.50. The number of carbonyl (C=O) groups excluding carboxylic acids is 1. The summed E-state index contributed by atoms with van der Waals surface area (Å²) in [4.78, 5) is 11.9. The van der Waals surface area contributed by atoms with Crippen molar-refractivity contribution in [1.29, 1.82) is 0 Å². The van der Waals surface area contributed by atoms with E-state index in [-0.39, 0.29) is 11.0 Å². The lowest BCUT2D eigenvalue weighted by Gasteiger charge is -2.46. The fourth-order valence-electron chi connectivity index (χ4n) is 2.99. The van der Waals surface area contributed by atoms with Crippen molar-refractivity contribution >= 4 is 22.8 Å². The van der Waals surface area contributed by atoms with E-state index in [1.807, 2.05) is 20.8 Å². The van der Waals surface area contributed by atoms with Crippen LogP contribution in [0.5, 0.6) is 0 Å². The Bertz CT molecular complexity index is 405. The minimum absolute atomic E-state index is 0.0981. The van der Waals surface area contributed by atoms with Gasteiger partial charge in [0.25, 0.3) is 0 Å². The van der Waals surface area contributed by atoms with Crippen LogP contribution in [0.1, 0.15) is 54.4 Å². The summed E-state index contributed by atoms with van der Waals surface area (Å²) in [7, 11) is -3.78. The lowest BCUT2D eigenvalue weighted by Crippen LogP contribution is -2.56. The first-order valence-corrected chi connectivity index (χ1v) is 15.6. The van der Waals surface area contributed by atoms with E-state index in [4.69, 9.17) is 13.6 Å². The van der Waals surface area contributed by atoms with Crippen LogP contribution in [0, 0.1) is 0 Å². The Balaban J connectivity index is 4.98. The average molecular weight is 406 g/mol. The second-order valence-electron chi connectivity index (χ2n) is 8.45. The first-order valence-electron chi connectivity index (χ1n) is 10.1. The number of hydrogen-bond donors (Lipinski definition) is 0. The molecule has 0 rings (SSSR count). The molecule has 26 heavy (non-hydrogen) atoms. The Morgan fingerprint density at radius 1 is 0.923 bits per heavy atom.